The fraction of sp³-hybridized carbons (Fsp3) is 0.500. The summed E-state index contributed by atoms with van der Waals surface area (Å²) in [5, 5.41) is 30.9. The molecular formula is C28H36N2O7. The van der Waals surface area contributed by atoms with Crippen LogP contribution in [0, 0.1) is 0 Å². The Hall–Kier alpha value is -2.82. The molecular weight excluding hydrogens is 476 g/mol. The molecule has 0 radical (unpaired) electrons. The Kier molecular flexibility index (Phi) is 9.65. The molecule has 9 nitrogen and oxygen atoms in total. The van der Waals surface area contributed by atoms with Crippen molar-refractivity contribution >= 4 is 17.6 Å². The molecule has 2 aliphatic rings. The van der Waals surface area contributed by atoms with Gasteiger partial charge in [0.2, 0.25) is 5.91 Å². The van der Waals surface area contributed by atoms with Crippen LogP contribution in [-0.2, 0) is 25.7 Å². The van der Waals surface area contributed by atoms with Crippen LogP contribution in [-0.4, -0.2) is 63.9 Å². The molecule has 0 aromatic heterocycles. The van der Waals surface area contributed by atoms with Crippen molar-refractivity contribution in [1.29, 1.82) is 0 Å². The Bertz CT molecular complexity index is 1030. The van der Waals surface area contributed by atoms with Crippen LogP contribution in [0.25, 0.3) is 0 Å². The van der Waals surface area contributed by atoms with Crippen LogP contribution in [0.3, 0.4) is 0 Å². The average Bonchev–Trinajstić information content (AvgIpc) is 3.31. The number of nitrogens with one attached hydrogen (secondary N) is 1. The van der Waals surface area contributed by atoms with Crippen molar-refractivity contribution in [1.82, 2.24) is 4.90 Å². The lowest BCUT2D eigenvalue weighted by Crippen LogP contribution is -2.38. The van der Waals surface area contributed by atoms with Gasteiger partial charge in [0.25, 0.3) is 0 Å². The van der Waals surface area contributed by atoms with E-state index in [9.17, 15) is 19.8 Å². The van der Waals surface area contributed by atoms with E-state index < -0.39 is 12.3 Å². The molecule has 2 heterocycles. The van der Waals surface area contributed by atoms with E-state index in [2.05, 4.69) is 10.2 Å². The van der Waals surface area contributed by atoms with Crippen LogP contribution < -0.4 is 5.32 Å². The third kappa shape index (κ3) is 8.08. The number of carbonyl (C=O) groups is 2. The van der Waals surface area contributed by atoms with Crippen LogP contribution in [0.5, 0.6) is 0 Å². The number of aliphatic hydroxyl groups is 2. The zero-order valence-corrected chi connectivity index (χ0v) is 20.9. The first-order chi connectivity index (χ1) is 17.9. The summed E-state index contributed by atoms with van der Waals surface area (Å²) in [6, 6.07) is 15.1. The van der Waals surface area contributed by atoms with E-state index in [4.69, 9.17) is 14.6 Å². The van der Waals surface area contributed by atoms with Gasteiger partial charge in [0, 0.05) is 50.1 Å². The first kappa shape index (κ1) is 27.2. The summed E-state index contributed by atoms with van der Waals surface area (Å²) in [6.07, 6.45) is 1.62. The van der Waals surface area contributed by atoms with Gasteiger partial charge in [0.05, 0.1) is 24.9 Å². The maximum Gasteiger partial charge on any atom is 0.303 e. The van der Waals surface area contributed by atoms with Gasteiger partial charge in [-0.2, -0.15) is 0 Å². The van der Waals surface area contributed by atoms with Crippen molar-refractivity contribution in [3.8, 4) is 0 Å². The number of hydrogen-bond donors (Lipinski definition) is 4. The number of ether oxygens (including phenoxy) is 2. The highest BCUT2D eigenvalue weighted by Crippen LogP contribution is 2.38. The van der Waals surface area contributed by atoms with Gasteiger partial charge in [-0.15, -0.1) is 0 Å². The summed E-state index contributed by atoms with van der Waals surface area (Å²) in [5.74, 6) is -1.00. The number of rotatable bonds is 11. The molecule has 4 N–H and O–H groups in total. The minimum atomic E-state index is -0.854. The Morgan fingerprint density at radius 3 is 2.32 bits per heavy atom. The van der Waals surface area contributed by atoms with E-state index in [1.165, 1.54) is 0 Å². The molecule has 2 aliphatic heterocycles. The van der Waals surface area contributed by atoms with Crippen LogP contribution in [0.15, 0.2) is 48.5 Å². The molecule has 0 bridgehead atoms. The molecule has 0 aliphatic carbocycles. The van der Waals surface area contributed by atoms with Crippen molar-refractivity contribution in [2.75, 3.05) is 25.0 Å². The Morgan fingerprint density at radius 2 is 1.68 bits per heavy atom. The van der Waals surface area contributed by atoms with Crippen molar-refractivity contribution in [3.05, 3.63) is 65.2 Å². The van der Waals surface area contributed by atoms with Crippen molar-refractivity contribution in [2.24, 2.45) is 0 Å². The fourth-order valence-electron chi connectivity index (χ4n) is 4.81. The van der Waals surface area contributed by atoms with Gasteiger partial charge in [-0.05, 0) is 42.5 Å². The largest absolute Gasteiger partial charge is 0.481 e. The maximum absolute atomic E-state index is 12.2. The Morgan fingerprint density at radius 1 is 0.973 bits per heavy atom. The second-order valence-electron chi connectivity index (χ2n) is 9.82. The smallest absolute Gasteiger partial charge is 0.303 e. The number of amides is 1. The van der Waals surface area contributed by atoms with Crippen LogP contribution in [0.2, 0.25) is 0 Å². The monoisotopic (exact) mass is 512 g/mol. The number of β-amino-alcohol motifs (C(OH)–C–C–N with tert-alkyl or cyclic N) is 1. The summed E-state index contributed by atoms with van der Waals surface area (Å²) in [5.41, 5.74) is 3.35. The highest BCUT2D eigenvalue weighted by Gasteiger charge is 2.34. The molecule has 37 heavy (non-hydrogen) atoms. The van der Waals surface area contributed by atoms with Gasteiger partial charge in [-0.1, -0.05) is 36.4 Å². The van der Waals surface area contributed by atoms with E-state index in [0.717, 1.165) is 29.7 Å². The molecule has 4 atom stereocenters. The van der Waals surface area contributed by atoms with E-state index in [1.54, 1.807) is 0 Å². The average molecular weight is 513 g/mol. The summed E-state index contributed by atoms with van der Waals surface area (Å²) in [4.78, 5) is 25.0. The molecule has 2 aromatic rings. The highest BCUT2D eigenvalue weighted by atomic mass is 16.7. The fourth-order valence-corrected chi connectivity index (χ4v) is 4.81. The Labute approximate surface area is 217 Å². The number of hydrogen-bond acceptors (Lipinski definition) is 7. The van der Waals surface area contributed by atoms with Crippen LogP contribution in [0.1, 0.15) is 67.6 Å². The minimum Gasteiger partial charge on any atom is -0.481 e. The molecule has 1 amide bonds. The number of aliphatic carboxylic acids is 1. The SMILES string of the molecule is O=C(O)CCCCC(=O)Nc1ccc(C2OC(CN3CCC(O)C3)CC(c3ccc(CO)cc3)O2)cc1. The highest BCUT2D eigenvalue weighted by molar-refractivity contribution is 5.90. The first-order valence-electron chi connectivity index (χ1n) is 12.9. The summed E-state index contributed by atoms with van der Waals surface area (Å²) in [7, 11) is 0. The number of nitrogens with zero attached hydrogens (tertiary/aromatic N) is 1. The first-order valence-corrected chi connectivity index (χ1v) is 12.9. The topological polar surface area (TPSA) is 129 Å². The zero-order chi connectivity index (χ0) is 26.2. The third-order valence-electron chi connectivity index (χ3n) is 6.84. The maximum atomic E-state index is 12.2. The second-order valence-corrected chi connectivity index (χ2v) is 9.82. The summed E-state index contributed by atoms with van der Waals surface area (Å²) < 4.78 is 12.7. The molecule has 0 saturated carbocycles. The molecule has 200 valence electrons. The number of likely N-dealkylation sites (tertiary alicyclic amines) is 1. The number of anilines is 1. The number of carboxylic acids is 1. The lowest BCUT2D eigenvalue weighted by molar-refractivity contribution is -0.252. The van der Waals surface area contributed by atoms with Crippen molar-refractivity contribution in [2.45, 2.75) is 69.7 Å². The predicted octanol–water partition coefficient (Wildman–Crippen LogP) is 3.37. The number of aliphatic hydroxyl groups excluding tert-OH is 2. The normalized spacial score (nSPS) is 24.2. The van der Waals surface area contributed by atoms with Gasteiger partial charge >= 0.3 is 5.97 Å². The summed E-state index contributed by atoms with van der Waals surface area (Å²) in [6.45, 7) is 2.18. The van der Waals surface area contributed by atoms with Gasteiger partial charge in [0.1, 0.15) is 0 Å². The molecule has 0 spiro atoms. The molecule has 9 heteroatoms. The van der Waals surface area contributed by atoms with Crippen molar-refractivity contribution < 1.29 is 34.4 Å². The molecule has 2 aromatic carbocycles. The standard InChI is InChI=1S/C28H36N2O7/c31-18-19-5-7-20(8-6-19)25-15-24(17-30-14-13-23(32)16-30)36-28(37-25)21-9-11-22(12-10-21)29-26(33)3-1-2-4-27(34)35/h5-12,23-25,28,31-32H,1-4,13-18H2,(H,29,33)(H,34,35). The lowest BCUT2D eigenvalue weighted by atomic mass is 9.99. The molecule has 4 rings (SSSR count). The summed E-state index contributed by atoms with van der Waals surface area (Å²) >= 11 is 0. The van der Waals surface area contributed by atoms with Gasteiger partial charge in [-0.3, -0.25) is 14.5 Å². The molecule has 2 fully saturated rings. The number of carboxylic acid groups (broad SMARTS) is 1. The Balaban J connectivity index is 1.40. The third-order valence-corrected chi connectivity index (χ3v) is 6.84. The van der Waals surface area contributed by atoms with Gasteiger partial charge < -0.3 is 30.1 Å². The zero-order valence-electron chi connectivity index (χ0n) is 20.9. The number of carbonyl (C=O) groups excluding carboxylic acids is 1. The van der Waals surface area contributed by atoms with Crippen LogP contribution in [0.4, 0.5) is 5.69 Å². The number of benzene rings is 2. The van der Waals surface area contributed by atoms with Gasteiger partial charge in [0.15, 0.2) is 6.29 Å². The van der Waals surface area contributed by atoms with E-state index in [0.29, 0.717) is 38.0 Å². The van der Waals surface area contributed by atoms with E-state index in [1.807, 2.05) is 48.5 Å². The van der Waals surface area contributed by atoms with Crippen molar-refractivity contribution in [3.63, 3.8) is 0 Å². The predicted molar refractivity (Wildman–Crippen MR) is 137 cm³/mol. The van der Waals surface area contributed by atoms with E-state index >= 15 is 0 Å². The van der Waals surface area contributed by atoms with Crippen LogP contribution >= 0.6 is 0 Å². The second kappa shape index (κ2) is 13.1. The quantitative estimate of drug-likeness (QED) is 0.338. The van der Waals surface area contributed by atoms with E-state index in [-0.39, 0.29) is 43.7 Å². The minimum absolute atomic E-state index is 0.0112. The molecule has 2 saturated heterocycles. The van der Waals surface area contributed by atoms with Gasteiger partial charge in [-0.25, -0.2) is 0 Å². The number of unbranched alkanes of at least 4 members (excludes halogenated alkanes) is 1. The molecule has 4 unspecified atom stereocenters. The lowest BCUT2D eigenvalue weighted by Gasteiger charge is -2.37.